The zero-order valence-corrected chi connectivity index (χ0v) is 14.4. The van der Waals surface area contributed by atoms with E-state index in [1.54, 1.807) is 6.92 Å². The molecular weight excluding hydrogens is 350 g/mol. The van der Waals surface area contributed by atoms with Gasteiger partial charge in [-0.2, -0.15) is 0 Å². The van der Waals surface area contributed by atoms with Crippen molar-refractivity contribution in [3.05, 3.63) is 53.0 Å². The van der Waals surface area contributed by atoms with Crippen LogP contribution in [0, 0.1) is 0 Å². The van der Waals surface area contributed by atoms with Crippen molar-refractivity contribution >= 4 is 22.0 Å². The summed E-state index contributed by atoms with van der Waals surface area (Å²) >= 11 is 0. The molecule has 0 bridgehead atoms. The number of esters is 1. The zero-order valence-electron chi connectivity index (χ0n) is 13.6. The van der Waals surface area contributed by atoms with Gasteiger partial charge in [0.15, 0.2) is 0 Å². The highest BCUT2D eigenvalue weighted by molar-refractivity contribution is 7.89. The second-order valence-electron chi connectivity index (χ2n) is 5.07. The molecule has 1 aromatic heterocycles. The first kappa shape index (κ1) is 18.7. The third kappa shape index (κ3) is 4.25. The number of hydrogen-bond acceptors (Lipinski definition) is 6. The fourth-order valence-electron chi connectivity index (χ4n) is 2.11. The summed E-state index contributed by atoms with van der Waals surface area (Å²) in [4.78, 5) is 22.2. The van der Waals surface area contributed by atoms with Crippen LogP contribution >= 0.6 is 0 Å². The van der Waals surface area contributed by atoms with E-state index in [0.29, 0.717) is 5.56 Å². The summed E-state index contributed by atoms with van der Waals surface area (Å²) in [5, 5.41) is 8.85. The number of furan rings is 1. The Labute approximate surface area is 144 Å². The van der Waals surface area contributed by atoms with E-state index in [2.05, 4.69) is 9.46 Å². The van der Waals surface area contributed by atoms with Crippen LogP contribution in [0.3, 0.4) is 0 Å². The van der Waals surface area contributed by atoms with Crippen molar-refractivity contribution in [1.82, 2.24) is 4.72 Å². The van der Waals surface area contributed by atoms with E-state index in [-0.39, 0.29) is 34.9 Å². The van der Waals surface area contributed by atoms with Crippen molar-refractivity contribution in [3.63, 3.8) is 0 Å². The molecule has 2 rings (SSSR count). The topological polar surface area (TPSA) is 123 Å². The van der Waals surface area contributed by atoms with Crippen molar-refractivity contribution < 1.29 is 32.3 Å². The predicted molar refractivity (Wildman–Crippen MR) is 86.9 cm³/mol. The van der Waals surface area contributed by atoms with Gasteiger partial charge in [0.25, 0.3) is 0 Å². The average Bonchev–Trinajstić information content (AvgIpc) is 3.05. The summed E-state index contributed by atoms with van der Waals surface area (Å²) in [6.45, 7) is 1.66. The number of benzene rings is 1. The van der Waals surface area contributed by atoms with Crippen molar-refractivity contribution in [3.8, 4) is 0 Å². The predicted octanol–water partition coefficient (Wildman–Crippen LogP) is 1.81. The van der Waals surface area contributed by atoms with Crippen LogP contribution in [-0.4, -0.2) is 32.6 Å². The maximum Gasteiger partial charge on any atom is 0.373 e. The molecule has 0 spiro atoms. The van der Waals surface area contributed by atoms with E-state index in [1.165, 1.54) is 31.4 Å². The fraction of sp³-hybridized carbons (Fsp3) is 0.250. The molecule has 0 fully saturated rings. The molecule has 0 aliphatic carbocycles. The SMILES string of the molecule is CCc1oc(C(=O)OC)cc1S(=O)(=O)NCc1ccc(C(=O)O)cc1. The number of aromatic carboxylic acids is 1. The van der Waals surface area contributed by atoms with Crippen LogP contribution in [0.15, 0.2) is 39.6 Å². The van der Waals surface area contributed by atoms with Gasteiger partial charge in [0.2, 0.25) is 15.8 Å². The van der Waals surface area contributed by atoms with E-state index in [4.69, 9.17) is 9.52 Å². The van der Waals surface area contributed by atoms with E-state index >= 15 is 0 Å². The molecule has 1 aromatic carbocycles. The maximum atomic E-state index is 12.5. The standard InChI is InChI=1S/C16H17NO7S/c1-3-12-14(8-13(24-12)16(20)23-2)25(21,22)17-9-10-4-6-11(7-5-10)15(18)19/h4-8,17H,3,9H2,1-2H3,(H,18,19). The van der Waals surface area contributed by atoms with Crippen molar-refractivity contribution in [1.29, 1.82) is 0 Å². The van der Waals surface area contributed by atoms with Crippen LogP contribution in [0.1, 0.15) is 39.2 Å². The molecular formula is C16H17NO7S. The van der Waals surface area contributed by atoms with Crippen molar-refractivity contribution in [2.45, 2.75) is 24.8 Å². The molecule has 134 valence electrons. The Balaban J connectivity index is 2.20. The lowest BCUT2D eigenvalue weighted by molar-refractivity contribution is 0.0562. The molecule has 0 aliphatic heterocycles. The number of ether oxygens (including phenoxy) is 1. The second-order valence-corrected chi connectivity index (χ2v) is 6.81. The average molecular weight is 367 g/mol. The van der Waals surface area contributed by atoms with Gasteiger partial charge in [-0.3, -0.25) is 0 Å². The van der Waals surface area contributed by atoms with Gasteiger partial charge in [0.05, 0.1) is 12.7 Å². The maximum absolute atomic E-state index is 12.5. The number of carbonyl (C=O) groups excluding carboxylic acids is 1. The Hall–Kier alpha value is -2.65. The third-order valence-electron chi connectivity index (χ3n) is 3.43. The lowest BCUT2D eigenvalue weighted by atomic mass is 10.1. The molecule has 2 N–H and O–H groups in total. The molecule has 0 aliphatic rings. The minimum absolute atomic E-state index is 0.0376. The normalized spacial score (nSPS) is 11.3. The smallest absolute Gasteiger partial charge is 0.373 e. The van der Waals surface area contributed by atoms with Crippen LogP contribution in [0.2, 0.25) is 0 Å². The molecule has 9 heteroatoms. The largest absolute Gasteiger partial charge is 0.478 e. The van der Waals surface area contributed by atoms with E-state index in [0.717, 1.165) is 6.07 Å². The third-order valence-corrected chi connectivity index (χ3v) is 4.88. The van der Waals surface area contributed by atoms with Gasteiger partial charge in [0, 0.05) is 19.0 Å². The Morgan fingerprint density at radius 3 is 2.40 bits per heavy atom. The van der Waals surface area contributed by atoms with Crippen LogP contribution in [-0.2, 0) is 27.7 Å². The number of hydrogen-bond donors (Lipinski definition) is 2. The Morgan fingerprint density at radius 1 is 1.24 bits per heavy atom. The number of methoxy groups -OCH3 is 1. The second kappa shape index (κ2) is 7.49. The Kier molecular flexibility index (Phi) is 5.60. The molecule has 0 radical (unpaired) electrons. The molecule has 1 heterocycles. The highest BCUT2D eigenvalue weighted by Gasteiger charge is 2.25. The first-order valence-electron chi connectivity index (χ1n) is 7.31. The zero-order chi connectivity index (χ0) is 18.6. The molecule has 0 atom stereocenters. The van der Waals surface area contributed by atoms with Gasteiger partial charge in [-0.25, -0.2) is 22.7 Å². The molecule has 0 saturated carbocycles. The number of sulfonamides is 1. The molecule has 0 unspecified atom stereocenters. The summed E-state index contributed by atoms with van der Waals surface area (Å²) in [6.07, 6.45) is 0.278. The van der Waals surface area contributed by atoms with Gasteiger partial charge in [0.1, 0.15) is 10.7 Å². The van der Waals surface area contributed by atoms with E-state index in [9.17, 15) is 18.0 Å². The quantitative estimate of drug-likeness (QED) is 0.715. The van der Waals surface area contributed by atoms with Gasteiger partial charge < -0.3 is 14.3 Å². The fourth-order valence-corrected chi connectivity index (χ4v) is 3.37. The number of rotatable bonds is 7. The summed E-state index contributed by atoms with van der Waals surface area (Å²) in [5.41, 5.74) is 0.695. The van der Waals surface area contributed by atoms with Crippen molar-refractivity contribution in [2.24, 2.45) is 0 Å². The molecule has 25 heavy (non-hydrogen) atoms. The molecule has 8 nitrogen and oxygen atoms in total. The number of nitrogens with one attached hydrogen (secondary N) is 1. The van der Waals surface area contributed by atoms with Crippen LogP contribution in [0.5, 0.6) is 0 Å². The van der Waals surface area contributed by atoms with Gasteiger partial charge in [-0.05, 0) is 17.7 Å². The van der Waals surface area contributed by atoms with E-state index in [1.807, 2.05) is 0 Å². The minimum Gasteiger partial charge on any atom is -0.478 e. The Morgan fingerprint density at radius 2 is 1.88 bits per heavy atom. The molecule has 2 aromatic rings. The summed E-state index contributed by atoms with van der Waals surface area (Å²) in [5.74, 6) is -1.87. The highest BCUT2D eigenvalue weighted by atomic mass is 32.2. The molecule has 0 amide bonds. The first-order chi connectivity index (χ1) is 11.8. The van der Waals surface area contributed by atoms with Crippen LogP contribution in [0.4, 0.5) is 0 Å². The number of carboxylic acids is 1. The van der Waals surface area contributed by atoms with Gasteiger partial charge >= 0.3 is 11.9 Å². The van der Waals surface area contributed by atoms with Crippen molar-refractivity contribution in [2.75, 3.05) is 7.11 Å². The van der Waals surface area contributed by atoms with Crippen LogP contribution < -0.4 is 4.72 Å². The highest BCUT2D eigenvalue weighted by Crippen LogP contribution is 2.22. The lowest BCUT2D eigenvalue weighted by Crippen LogP contribution is -2.23. The lowest BCUT2D eigenvalue weighted by Gasteiger charge is -2.06. The summed E-state index contributed by atoms with van der Waals surface area (Å²) < 4.78 is 37.1. The van der Waals surface area contributed by atoms with E-state index < -0.39 is 22.0 Å². The van der Waals surface area contributed by atoms with Gasteiger partial charge in [-0.15, -0.1) is 0 Å². The number of carbonyl (C=O) groups is 2. The number of carboxylic acid groups (broad SMARTS) is 1. The minimum atomic E-state index is -3.92. The number of aryl methyl sites for hydroxylation is 1. The molecule has 0 saturated heterocycles. The van der Waals surface area contributed by atoms with Gasteiger partial charge in [-0.1, -0.05) is 19.1 Å². The Bertz CT molecular complexity index is 882. The first-order valence-corrected chi connectivity index (χ1v) is 8.79. The van der Waals surface area contributed by atoms with Crippen LogP contribution in [0.25, 0.3) is 0 Å². The summed E-state index contributed by atoms with van der Waals surface area (Å²) in [6, 6.07) is 6.93. The summed E-state index contributed by atoms with van der Waals surface area (Å²) in [7, 11) is -2.75. The monoisotopic (exact) mass is 367 g/mol.